The molecule has 17 heavy (non-hydrogen) atoms. The van der Waals surface area contributed by atoms with E-state index in [2.05, 4.69) is 15.3 Å². The second-order valence-corrected chi connectivity index (χ2v) is 3.90. The highest BCUT2D eigenvalue weighted by Gasteiger charge is 2.03. The monoisotopic (exact) mass is 244 g/mol. The van der Waals surface area contributed by atoms with Crippen molar-refractivity contribution in [1.82, 2.24) is 9.97 Å². The second-order valence-electron chi connectivity index (χ2n) is 3.46. The van der Waals surface area contributed by atoms with E-state index in [1.54, 1.807) is 12.1 Å². The Bertz CT molecular complexity index is 589. The van der Waals surface area contributed by atoms with Crippen molar-refractivity contribution >= 4 is 23.2 Å². The van der Waals surface area contributed by atoms with E-state index in [9.17, 15) is 0 Å². The molecule has 0 atom stereocenters. The molecule has 2 aromatic rings. The van der Waals surface area contributed by atoms with Crippen molar-refractivity contribution in [3.05, 3.63) is 46.7 Å². The Labute approximate surface area is 104 Å². The zero-order chi connectivity index (χ0) is 12.3. The number of nitrogens with zero attached hydrogens (tertiary/aromatic N) is 3. The fraction of sp³-hybridized carbons (Fsp3) is 0.0833. The van der Waals surface area contributed by atoms with E-state index in [0.29, 0.717) is 16.7 Å². The maximum Gasteiger partial charge on any atom is 0.228 e. The van der Waals surface area contributed by atoms with Gasteiger partial charge in [-0.1, -0.05) is 17.7 Å². The molecule has 5 heteroatoms. The van der Waals surface area contributed by atoms with Crippen molar-refractivity contribution in [2.45, 2.75) is 6.92 Å². The van der Waals surface area contributed by atoms with Gasteiger partial charge in [0.1, 0.15) is 11.8 Å². The molecular weight excluding hydrogens is 236 g/mol. The molecule has 0 bridgehead atoms. The Balaban J connectivity index is 2.31. The third kappa shape index (κ3) is 2.71. The molecule has 0 saturated carbocycles. The van der Waals surface area contributed by atoms with Gasteiger partial charge in [0, 0.05) is 16.9 Å². The SMILES string of the molecule is Cc1ccc(Cl)cc1Nc1nccc(C#N)n1. The molecule has 0 aliphatic heterocycles. The Hall–Kier alpha value is -2.12. The predicted octanol–water partition coefficient (Wildman–Crippen LogP) is 3.05. The quantitative estimate of drug-likeness (QED) is 0.882. The zero-order valence-electron chi connectivity index (χ0n) is 9.11. The predicted molar refractivity (Wildman–Crippen MR) is 66.2 cm³/mol. The highest BCUT2D eigenvalue weighted by atomic mass is 35.5. The van der Waals surface area contributed by atoms with Gasteiger partial charge < -0.3 is 5.32 Å². The van der Waals surface area contributed by atoms with Crippen molar-refractivity contribution < 1.29 is 0 Å². The summed E-state index contributed by atoms with van der Waals surface area (Å²) in [7, 11) is 0. The Kier molecular flexibility index (Phi) is 3.22. The first-order chi connectivity index (χ1) is 8.19. The number of aryl methyl sites for hydroxylation is 1. The first-order valence-corrected chi connectivity index (χ1v) is 5.33. The second kappa shape index (κ2) is 4.81. The van der Waals surface area contributed by atoms with Gasteiger partial charge in [-0.25, -0.2) is 9.97 Å². The first-order valence-electron chi connectivity index (χ1n) is 4.95. The van der Waals surface area contributed by atoms with Gasteiger partial charge in [0.2, 0.25) is 5.95 Å². The van der Waals surface area contributed by atoms with Crippen LogP contribution in [-0.2, 0) is 0 Å². The number of anilines is 2. The van der Waals surface area contributed by atoms with Crippen LogP contribution < -0.4 is 5.32 Å². The normalized spacial score (nSPS) is 9.71. The molecule has 1 aromatic heterocycles. The topological polar surface area (TPSA) is 61.6 Å². The summed E-state index contributed by atoms with van der Waals surface area (Å²) in [4.78, 5) is 8.07. The largest absolute Gasteiger partial charge is 0.324 e. The lowest BCUT2D eigenvalue weighted by Crippen LogP contribution is -1.99. The fourth-order valence-corrected chi connectivity index (χ4v) is 1.50. The van der Waals surface area contributed by atoms with Crippen LogP contribution in [0.3, 0.4) is 0 Å². The van der Waals surface area contributed by atoms with Gasteiger partial charge in [-0.05, 0) is 30.7 Å². The minimum absolute atomic E-state index is 0.321. The van der Waals surface area contributed by atoms with Gasteiger partial charge in [-0.3, -0.25) is 0 Å². The van der Waals surface area contributed by atoms with Gasteiger partial charge in [0.25, 0.3) is 0 Å². The number of aromatic nitrogens is 2. The number of hydrogen-bond acceptors (Lipinski definition) is 4. The number of benzene rings is 1. The first kappa shape index (κ1) is 11.4. The van der Waals surface area contributed by atoms with Gasteiger partial charge in [-0.2, -0.15) is 5.26 Å². The summed E-state index contributed by atoms with van der Waals surface area (Å²) >= 11 is 5.91. The average molecular weight is 245 g/mol. The number of rotatable bonds is 2. The molecule has 0 saturated heterocycles. The van der Waals surface area contributed by atoms with E-state index in [-0.39, 0.29) is 0 Å². The molecule has 0 radical (unpaired) electrons. The van der Waals surface area contributed by atoms with E-state index >= 15 is 0 Å². The smallest absolute Gasteiger partial charge is 0.228 e. The summed E-state index contributed by atoms with van der Waals surface area (Å²) in [6.45, 7) is 1.95. The molecule has 0 aliphatic rings. The lowest BCUT2D eigenvalue weighted by Gasteiger charge is -2.08. The maximum absolute atomic E-state index is 8.74. The molecule has 1 aromatic carbocycles. The van der Waals surface area contributed by atoms with Gasteiger partial charge in [0.05, 0.1) is 0 Å². The summed E-state index contributed by atoms with van der Waals surface area (Å²) in [6.07, 6.45) is 1.54. The van der Waals surface area contributed by atoms with Crippen molar-refractivity contribution in [2.75, 3.05) is 5.32 Å². The lowest BCUT2D eigenvalue weighted by molar-refractivity contribution is 1.14. The zero-order valence-corrected chi connectivity index (χ0v) is 9.86. The fourth-order valence-electron chi connectivity index (χ4n) is 1.33. The molecule has 2 rings (SSSR count). The minimum Gasteiger partial charge on any atom is -0.324 e. The van der Waals surface area contributed by atoms with Crippen LogP contribution in [0.4, 0.5) is 11.6 Å². The maximum atomic E-state index is 8.74. The summed E-state index contributed by atoms with van der Waals surface area (Å²) in [5.74, 6) is 0.384. The Morgan fingerprint density at radius 1 is 1.35 bits per heavy atom. The van der Waals surface area contributed by atoms with Crippen molar-refractivity contribution in [3.8, 4) is 6.07 Å². The Morgan fingerprint density at radius 3 is 2.94 bits per heavy atom. The molecule has 84 valence electrons. The van der Waals surface area contributed by atoms with Crippen LogP contribution in [0, 0.1) is 18.3 Å². The molecule has 1 heterocycles. The highest BCUT2D eigenvalue weighted by Crippen LogP contribution is 2.22. The molecule has 1 N–H and O–H groups in total. The van der Waals surface area contributed by atoms with Crippen LogP contribution in [-0.4, -0.2) is 9.97 Å². The molecule has 0 fully saturated rings. The van der Waals surface area contributed by atoms with Crippen LogP contribution in [0.5, 0.6) is 0 Å². The van der Waals surface area contributed by atoms with Crippen LogP contribution in [0.1, 0.15) is 11.3 Å². The summed E-state index contributed by atoms with van der Waals surface area (Å²) in [6, 6.07) is 9.02. The van der Waals surface area contributed by atoms with Crippen LogP contribution in [0.15, 0.2) is 30.5 Å². The lowest BCUT2D eigenvalue weighted by atomic mass is 10.2. The van der Waals surface area contributed by atoms with E-state index in [4.69, 9.17) is 16.9 Å². The minimum atomic E-state index is 0.321. The van der Waals surface area contributed by atoms with Crippen molar-refractivity contribution in [1.29, 1.82) is 5.26 Å². The third-order valence-corrected chi connectivity index (χ3v) is 2.45. The van der Waals surface area contributed by atoms with Crippen LogP contribution in [0.2, 0.25) is 5.02 Å². The van der Waals surface area contributed by atoms with E-state index in [1.807, 2.05) is 25.1 Å². The highest BCUT2D eigenvalue weighted by molar-refractivity contribution is 6.30. The number of halogens is 1. The molecule has 0 spiro atoms. The molecule has 0 amide bonds. The van der Waals surface area contributed by atoms with E-state index < -0.39 is 0 Å². The summed E-state index contributed by atoms with van der Waals surface area (Å²) in [5, 5.41) is 12.4. The average Bonchev–Trinajstić information content (AvgIpc) is 2.34. The number of nitriles is 1. The molecular formula is C12H9ClN4. The van der Waals surface area contributed by atoms with E-state index in [1.165, 1.54) is 6.20 Å². The van der Waals surface area contributed by atoms with Crippen molar-refractivity contribution in [3.63, 3.8) is 0 Å². The van der Waals surface area contributed by atoms with Gasteiger partial charge in [-0.15, -0.1) is 0 Å². The number of hydrogen-bond donors (Lipinski definition) is 1. The van der Waals surface area contributed by atoms with Gasteiger partial charge in [0.15, 0.2) is 0 Å². The summed E-state index contributed by atoms with van der Waals surface area (Å²) < 4.78 is 0. The van der Waals surface area contributed by atoms with E-state index in [0.717, 1.165) is 11.3 Å². The number of nitrogens with one attached hydrogen (secondary N) is 1. The molecule has 0 aliphatic carbocycles. The third-order valence-electron chi connectivity index (χ3n) is 2.22. The standard InChI is InChI=1S/C12H9ClN4/c1-8-2-3-9(13)6-11(8)17-12-15-5-4-10(7-14)16-12/h2-6H,1H3,(H,15,16,17). The van der Waals surface area contributed by atoms with Gasteiger partial charge >= 0.3 is 0 Å². The Morgan fingerprint density at radius 2 is 2.18 bits per heavy atom. The van der Waals surface area contributed by atoms with Crippen molar-refractivity contribution in [2.24, 2.45) is 0 Å². The van der Waals surface area contributed by atoms with Crippen LogP contribution >= 0.6 is 11.6 Å². The molecule has 0 unspecified atom stereocenters. The summed E-state index contributed by atoms with van der Waals surface area (Å²) in [5.41, 5.74) is 2.18. The molecule has 4 nitrogen and oxygen atoms in total. The van der Waals surface area contributed by atoms with Crippen LogP contribution in [0.25, 0.3) is 0 Å².